The molecule has 1 heterocycles. The number of benzene rings is 2. The summed E-state index contributed by atoms with van der Waals surface area (Å²) in [7, 11) is 1.51. The van der Waals surface area contributed by atoms with Crippen LogP contribution in [0.25, 0.3) is 0 Å². The maximum atomic E-state index is 12.1. The number of amides is 1. The quantitative estimate of drug-likeness (QED) is 0.532. The zero-order valence-corrected chi connectivity index (χ0v) is 14.8. The zero-order valence-electron chi connectivity index (χ0n) is 14.0. The van der Waals surface area contributed by atoms with Crippen LogP contribution in [0.15, 0.2) is 60.0 Å². The fourth-order valence-electron chi connectivity index (χ4n) is 2.21. The van der Waals surface area contributed by atoms with E-state index in [0.29, 0.717) is 27.9 Å². The standard InChI is InChI=1S/C19H16N2O4S/c1-24-15-9-5-6-10-16(15)25-17(22)11-14-12-26-19(20-14)21-18(23)13-7-3-2-4-8-13/h2-10,12H,11H2,1H3,(H,20,21,23). The molecule has 7 heteroatoms. The molecule has 0 bridgehead atoms. The number of nitrogens with one attached hydrogen (secondary N) is 1. The molecule has 0 aliphatic carbocycles. The lowest BCUT2D eigenvalue weighted by atomic mass is 10.2. The van der Waals surface area contributed by atoms with Crippen LogP contribution >= 0.6 is 11.3 Å². The fourth-order valence-corrected chi connectivity index (χ4v) is 2.92. The summed E-state index contributed by atoms with van der Waals surface area (Å²) in [4.78, 5) is 28.5. The lowest BCUT2D eigenvalue weighted by Crippen LogP contribution is -2.13. The number of carbonyl (C=O) groups is 2. The van der Waals surface area contributed by atoms with Gasteiger partial charge in [0.25, 0.3) is 5.91 Å². The van der Waals surface area contributed by atoms with E-state index in [0.717, 1.165) is 0 Å². The molecule has 0 atom stereocenters. The predicted molar refractivity (Wildman–Crippen MR) is 98.8 cm³/mol. The molecule has 2 aromatic carbocycles. The van der Waals surface area contributed by atoms with Crippen molar-refractivity contribution in [3.05, 3.63) is 71.2 Å². The van der Waals surface area contributed by atoms with E-state index < -0.39 is 5.97 Å². The molecule has 0 radical (unpaired) electrons. The van der Waals surface area contributed by atoms with Crippen molar-refractivity contribution in [2.75, 3.05) is 12.4 Å². The van der Waals surface area contributed by atoms with Gasteiger partial charge in [0.15, 0.2) is 16.6 Å². The molecule has 26 heavy (non-hydrogen) atoms. The largest absolute Gasteiger partial charge is 0.493 e. The van der Waals surface area contributed by atoms with Crippen molar-refractivity contribution in [3.63, 3.8) is 0 Å². The van der Waals surface area contributed by atoms with Gasteiger partial charge < -0.3 is 9.47 Å². The number of para-hydroxylation sites is 2. The molecular weight excluding hydrogens is 352 g/mol. The first kappa shape index (κ1) is 17.6. The van der Waals surface area contributed by atoms with E-state index >= 15 is 0 Å². The highest BCUT2D eigenvalue weighted by molar-refractivity contribution is 7.14. The average Bonchev–Trinajstić information content (AvgIpc) is 3.09. The predicted octanol–water partition coefficient (Wildman–Crippen LogP) is 3.55. The number of ether oxygens (including phenoxy) is 2. The van der Waals surface area contributed by atoms with Gasteiger partial charge in [0.2, 0.25) is 0 Å². The Hall–Kier alpha value is -3.19. The smallest absolute Gasteiger partial charge is 0.317 e. The fraction of sp³-hybridized carbons (Fsp3) is 0.105. The van der Waals surface area contributed by atoms with Gasteiger partial charge in [0.1, 0.15) is 0 Å². The van der Waals surface area contributed by atoms with Gasteiger partial charge in [-0.1, -0.05) is 30.3 Å². The topological polar surface area (TPSA) is 77.5 Å². The second-order valence-electron chi connectivity index (χ2n) is 5.27. The molecule has 0 aliphatic rings. The molecule has 1 aromatic heterocycles. The maximum absolute atomic E-state index is 12.1. The summed E-state index contributed by atoms with van der Waals surface area (Å²) in [6, 6.07) is 15.8. The third-order valence-electron chi connectivity index (χ3n) is 3.43. The monoisotopic (exact) mass is 368 g/mol. The number of methoxy groups -OCH3 is 1. The van der Waals surface area contributed by atoms with Gasteiger partial charge in [-0.2, -0.15) is 0 Å². The maximum Gasteiger partial charge on any atom is 0.317 e. The van der Waals surface area contributed by atoms with Crippen LogP contribution < -0.4 is 14.8 Å². The summed E-state index contributed by atoms with van der Waals surface area (Å²) in [6.45, 7) is 0. The number of rotatable bonds is 6. The summed E-state index contributed by atoms with van der Waals surface area (Å²) < 4.78 is 10.5. The summed E-state index contributed by atoms with van der Waals surface area (Å²) >= 11 is 1.25. The zero-order chi connectivity index (χ0) is 18.4. The molecule has 0 saturated carbocycles. The molecule has 0 unspecified atom stereocenters. The normalized spacial score (nSPS) is 10.2. The van der Waals surface area contributed by atoms with E-state index in [-0.39, 0.29) is 12.3 Å². The van der Waals surface area contributed by atoms with Crippen molar-refractivity contribution in [3.8, 4) is 11.5 Å². The van der Waals surface area contributed by atoms with E-state index in [1.165, 1.54) is 18.4 Å². The van der Waals surface area contributed by atoms with Gasteiger partial charge in [-0.15, -0.1) is 11.3 Å². The van der Waals surface area contributed by atoms with Gasteiger partial charge in [-0.3, -0.25) is 14.9 Å². The number of carbonyl (C=O) groups excluding carboxylic acids is 2. The van der Waals surface area contributed by atoms with Crippen LogP contribution in [0.5, 0.6) is 11.5 Å². The van der Waals surface area contributed by atoms with Gasteiger partial charge in [0.05, 0.1) is 19.2 Å². The van der Waals surface area contributed by atoms with Gasteiger partial charge in [0, 0.05) is 10.9 Å². The molecule has 0 aliphatic heterocycles. The van der Waals surface area contributed by atoms with Crippen molar-refractivity contribution in [1.82, 2.24) is 4.98 Å². The number of hydrogen-bond acceptors (Lipinski definition) is 6. The van der Waals surface area contributed by atoms with E-state index in [1.54, 1.807) is 53.9 Å². The SMILES string of the molecule is COc1ccccc1OC(=O)Cc1csc(NC(=O)c2ccccc2)n1. The van der Waals surface area contributed by atoms with Crippen LogP contribution in [0.1, 0.15) is 16.1 Å². The van der Waals surface area contributed by atoms with Crippen molar-refractivity contribution in [2.24, 2.45) is 0 Å². The number of esters is 1. The van der Waals surface area contributed by atoms with E-state index in [4.69, 9.17) is 9.47 Å². The molecular formula is C19H16N2O4S. The second kappa shape index (κ2) is 8.26. The van der Waals surface area contributed by atoms with Crippen LogP contribution in [0, 0.1) is 0 Å². The third-order valence-corrected chi connectivity index (χ3v) is 4.23. The molecule has 0 spiro atoms. The summed E-state index contributed by atoms with van der Waals surface area (Å²) in [5.74, 6) is 0.131. The number of thiazole rings is 1. The highest BCUT2D eigenvalue weighted by Gasteiger charge is 2.14. The van der Waals surface area contributed by atoms with Crippen LogP contribution in [0.2, 0.25) is 0 Å². The highest BCUT2D eigenvalue weighted by atomic mass is 32.1. The van der Waals surface area contributed by atoms with Crippen molar-refractivity contribution < 1.29 is 19.1 Å². The Balaban J connectivity index is 1.59. The number of aromatic nitrogens is 1. The van der Waals surface area contributed by atoms with Crippen LogP contribution in [-0.4, -0.2) is 24.0 Å². The molecule has 132 valence electrons. The van der Waals surface area contributed by atoms with Crippen molar-refractivity contribution in [2.45, 2.75) is 6.42 Å². The summed E-state index contributed by atoms with van der Waals surface area (Å²) in [6.07, 6.45) is -0.00421. The Kier molecular flexibility index (Phi) is 5.60. The summed E-state index contributed by atoms with van der Waals surface area (Å²) in [5, 5.41) is 4.86. The number of nitrogens with zero attached hydrogens (tertiary/aromatic N) is 1. The number of hydrogen-bond donors (Lipinski definition) is 1. The molecule has 1 N–H and O–H groups in total. The molecule has 0 saturated heterocycles. The van der Waals surface area contributed by atoms with Gasteiger partial charge in [-0.25, -0.2) is 4.98 Å². The Morgan fingerprint density at radius 1 is 1.04 bits per heavy atom. The Morgan fingerprint density at radius 2 is 1.73 bits per heavy atom. The van der Waals surface area contributed by atoms with Gasteiger partial charge >= 0.3 is 5.97 Å². The third kappa shape index (κ3) is 4.46. The summed E-state index contributed by atoms with van der Waals surface area (Å²) in [5.41, 5.74) is 1.07. The lowest BCUT2D eigenvalue weighted by molar-refractivity contribution is -0.133. The first-order valence-electron chi connectivity index (χ1n) is 7.80. The first-order chi connectivity index (χ1) is 12.7. The van der Waals surface area contributed by atoms with Crippen molar-refractivity contribution >= 4 is 28.3 Å². The average molecular weight is 368 g/mol. The Morgan fingerprint density at radius 3 is 2.46 bits per heavy atom. The Labute approximate surface area is 154 Å². The minimum absolute atomic E-state index is 0.00421. The second-order valence-corrected chi connectivity index (χ2v) is 6.12. The van der Waals surface area contributed by atoms with Crippen LogP contribution in [0.4, 0.5) is 5.13 Å². The van der Waals surface area contributed by atoms with Crippen LogP contribution in [-0.2, 0) is 11.2 Å². The molecule has 3 aromatic rings. The minimum Gasteiger partial charge on any atom is -0.493 e. The lowest BCUT2D eigenvalue weighted by Gasteiger charge is -2.07. The molecule has 1 amide bonds. The first-order valence-corrected chi connectivity index (χ1v) is 8.68. The van der Waals surface area contributed by atoms with Crippen molar-refractivity contribution in [1.29, 1.82) is 0 Å². The minimum atomic E-state index is -0.458. The molecule has 3 rings (SSSR count). The van der Waals surface area contributed by atoms with Crippen LogP contribution in [0.3, 0.4) is 0 Å². The Bertz CT molecular complexity index is 909. The highest BCUT2D eigenvalue weighted by Crippen LogP contribution is 2.26. The van der Waals surface area contributed by atoms with E-state index in [1.807, 2.05) is 6.07 Å². The molecule has 0 fully saturated rings. The number of anilines is 1. The van der Waals surface area contributed by atoms with E-state index in [2.05, 4.69) is 10.3 Å². The molecule has 6 nitrogen and oxygen atoms in total. The van der Waals surface area contributed by atoms with Gasteiger partial charge in [-0.05, 0) is 24.3 Å². The van der Waals surface area contributed by atoms with E-state index in [9.17, 15) is 9.59 Å².